The highest BCUT2D eigenvalue weighted by Crippen LogP contribution is 2.41. The van der Waals surface area contributed by atoms with Crippen LogP contribution >= 0.6 is 0 Å². The Morgan fingerprint density at radius 3 is 2.36 bits per heavy atom. The molecule has 0 unspecified atom stereocenters. The lowest BCUT2D eigenvalue weighted by Gasteiger charge is -2.36. The van der Waals surface area contributed by atoms with Crippen LogP contribution in [0.5, 0.6) is 11.5 Å². The highest BCUT2D eigenvalue weighted by molar-refractivity contribution is 5.95. The van der Waals surface area contributed by atoms with Crippen molar-refractivity contribution in [2.24, 2.45) is 0 Å². The SMILES string of the molecule is CCOC(=O)c1cn(C2CC2)c2c(F)c(N3CCN(Cc4ccc(-c5cc(Cc6cnc(N)nc6N)cc(OC)c5OC)cc4)CC3)c(F)cc2c1=O. The quantitative estimate of drug-likeness (QED) is 0.170. The van der Waals surface area contributed by atoms with Gasteiger partial charge in [-0.1, -0.05) is 24.3 Å². The average Bonchev–Trinajstić information content (AvgIpc) is 4.00. The minimum absolute atomic E-state index is 0.0210. The van der Waals surface area contributed by atoms with Gasteiger partial charge in [-0.2, -0.15) is 4.98 Å². The predicted octanol–water partition coefficient (Wildman–Crippen LogP) is 5.34. The van der Waals surface area contributed by atoms with Gasteiger partial charge in [0.1, 0.15) is 22.9 Å². The zero-order chi connectivity index (χ0) is 37.4. The van der Waals surface area contributed by atoms with E-state index in [0.717, 1.165) is 46.7 Å². The fourth-order valence-corrected chi connectivity index (χ4v) is 7.02. The van der Waals surface area contributed by atoms with Gasteiger partial charge in [-0.15, -0.1) is 0 Å². The zero-order valence-corrected chi connectivity index (χ0v) is 29.8. The molecule has 3 aromatic carbocycles. The number of pyridine rings is 1. The van der Waals surface area contributed by atoms with Crippen molar-refractivity contribution < 1.29 is 27.8 Å². The van der Waals surface area contributed by atoms with Crippen LogP contribution in [0.25, 0.3) is 22.0 Å². The second-order valence-corrected chi connectivity index (χ2v) is 13.3. The summed E-state index contributed by atoms with van der Waals surface area (Å²) in [6, 6.07) is 13.1. The Kier molecular flexibility index (Phi) is 9.88. The van der Waals surface area contributed by atoms with Gasteiger partial charge >= 0.3 is 5.97 Å². The van der Waals surface area contributed by atoms with Crippen molar-refractivity contribution >= 4 is 34.3 Å². The van der Waals surface area contributed by atoms with E-state index in [0.29, 0.717) is 56.5 Å². The first-order valence-corrected chi connectivity index (χ1v) is 17.5. The summed E-state index contributed by atoms with van der Waals surface area (Å²) >= 11 is 0. The normalized spacial score (nSPS) is 14.8. The number of esters is 1. The molecular weight excluding hydrogens is 684 g/mol. The third-order valence-electron chi connectivity index (χ3n) is 9.83. The van der Waals surface area contributed by atoms with Crippen LogP contribution in [0, 0.1) is 11.6 Å². The number of nitrogens with two attached hydrogens (primary N) is 2. The van der Waals surface area contributed by atoms with Gasteiger partial charge in [0, 0.05) is 68.7 Å². The molecule has 0 radical (unpaired) electrons. The summed E-state index contributed by atoms with van der Waals surface area (Å²) < 4.78 is 50.1. The average molecular weight is 726 g/mol. The van der Waals surface area contributed by atoms with E-state index in [1.165, 1.54) is 6.20 Å². The monoisotopic (exact) mass is 725 g/mol. The van der Waals surface area contributed by atoms with Crippen molar-refractivity contribution in [1.29, 1.82) is 0 Å². The minimum Gasteiger partial charge on any atom is -0.493 e. The number of rotatable bonds is 11. The molecule has 0 bridgehead atoms. The van der Waals surface area contributed by atoms with Gasteiger partial charge in [0.05, 0.1) is 31.7 Å². The largest absolute Gasteiger partial charge is 0.493 e. The second kappa shape index (κ2) is 14.7. The number of nitrogens with zero attached hydrogens (tertiary/aromatic N) is 5. The number of anilines is 3. The Balaban J connectivity index is 1.07. The number of hydrogen-bond donors (Lipinski definition) is 2. The Morgan fingerprint density at radius 1 is 0.981 bits per heavy atom. The fraction of sp³-hybridized carbons (Fsp3) is 0.333. The molecule has 5 aromatic rings. The van der Waals surface area contributed by atoms with Gasteiger partial charge in [0.25, 0.3) is 0 Å². The number of halogens is 2. The molecular formula is C39H41F2N7O5. The van der Waals surface area contributed by atoms with Crippen molar-refractivity contribution in [1.82, 2.24) is 19.4 Å². The van der Waals surface area contributed by atoms with Crippen molar-refractivity contribution in [3.05, 3.63) is 99.0 Å². The lowest BCUT2D eigenvalue weighted by atomic mass is 9.97. The maximum Gasteiger partial charge on any atom is 0.343 e. The van der Waals surface area contributed by atoms with Crippen LogP contribution in [0.1, 0.15) is 52.9 Å². The van der Waals surface area contributed by atoms with Crippen LogP contribution in [-0.4, -0.2) is 72.4 Å². The summed E-state index contributed by atoms with van der Waals surface area (Å²) in [5, 5.41) is -0.160. The standard InChI is InChI=1S/C39H41F2N7O5/c1-4-53-38(50)29-21-48(26-9-10-26)33-28(35(29)49)18-30(40)34(32(33)41)47-13-11-46(12-14-47)20-22-5-7-24(8-6-22)27-16-23(17-31(51-2)36(27)52-3)15-25-19-44-39(43)45-37(25)42/h5-8,16-19,21,26H,4,9-15,20H2,1-3H3,(H4,42,43,44,45). The summed E-state index contributed by atoms with van der Waals surface area (Å²) in [5.41, 5.74) is 15.2. The summed E-state index contributed by atoms with van der Waals surface area (Å²) in [6.07, 6.45) is 5.00. The maximum absolute atomic E-state index is 16.3. The number of carbonyl (C=O) groups is 1. The Hall–Kier alpha value is -5.76. The number of hydrogen-bond acceptors (Lipinski definition) is 11. The highest BCUT2D eigenvalue weighted by Gasteiger charge is 2.32. The number of methoxy groups -OCH3 is 2. The fourth-order valence-electron chi connectivity index (χ4n) is 7.02. The molecule has 1 aliphatic carbocycles. The highest BCUT2D eigenvalue weighted by atomic mass is 19.1. The Bertz CT molecular complexity index is 2250. The number of ether oxygens (including phenoxy) is 3. The topological polar surface area (TPSA) is 151 Å². The second-order valence-electron chi connectivity index (χ2n) is 13.3. The van der Waals surface area contributed by atoms with Crippen LogP contribution in [0.2, 0.25) is 0 Å². The maximum atomic E-state index is 16.3. The Labute approximate surface area is 304 Å². The first-order chi connectivity index (χ1) is 25.6. The molecule has 14 heteroatoms. The van der Waals surface area contributed by atoms with Crippen LogP contribution in [0.3, 0.4) is 0 Å². The molecule has 276 valence electrons. The predicted molar refractivity (Wildman–Crippen MR) is 198 cm³/mol. The number of fused-ring (bicyclic) bond motifs is 1. The number of benzene rings is 3. The van der Waals surface area contributed by atoms with Gasteiger partial charge in [-0.3, -0.25) is 9.69 Å². The Morgan fingerprint density at radius 2 is 1.72 bits per heavy atom. The van der Waals surface area contributed by atoms with Crippen molar-refractivity contribution in [2.75, 3.05) is 63.4 Å². The lowest BCUT2D eigenvalue weighted by Crippen LogP contribution is -2.46. The molecule has 0 spiro atoms. The van der Waals surface area contributed by atoms with Crippen LogP contribution in [-0.2, 0) is 17.7 Å². The molecule has 3 heterocycles. The van der Waals surface area contributed by atoms with Gasteiger partial charge in [-0.25, -0.2) is 18.6 Å². The van der Waals surface area contributed by atoms with Crippen molar-refractivity contribution in [3.63, 3.8) is 0 Å². The van der Waals surface area contributed by atoms with E-state index >= 15 is 8.78 Å². The summed E-state index contributed by atoms with van der Waals surface area (Å²) in [4.78, 5) is 37.8. The smallest absolute Gasteiger partial charge is 0.343 e. The number of aromatic nitrogens is 3. The molecule has 12 nitrogen and oxygen atoms in total. The van der Waals surface area contributed by atoms with E-state index in [1.807, 2.05) is 24.3 Å². The summed E-state index contributed by atoms with van der Waals surface area (Å²) in [7, 11) is 3.19. The van der Waals surface area contributed by atoms with Crippen LogP contribution in [0.4, 0.5) is 26.2 Å². The van der Waals surface area contributed by atoms with Gasteiger partial charge in [-0.05, 0) is 54.7 Å². The molecule has 1 saturated carbocycles. The number of piperazine rings is 1. The van der Waals surface area contributed by atoms with Crippen LogP contribution in [0.15, 0.2) is 59.7 Å². The molecule has 1 aliphatic heterocycles. The van der Waals surface area contributed by atoms with Gasteiger partial charge < -0.3 is 35.1 Å². The minimum atomic E-state index is -0.833. The third kappa shape index (κ3) is 7.06. The molecule has 0 atom stereocenters. The van der Waals surface area contributed by atoms with Crippen LogP contribution < -0.4 is 31.3 Å². The molecule has 2 aromatic heterocycles. The van der Waals surface area contributed by atoms with Gasteiger partial charge in [0.15, 0.2) is 17.3 Å². The third-order valence-corrected chi connectivity index (χ3v) is 9.83. The summed E-state index contributed by atoms with van der Waals surface area (Å²) in [5.74, 6) is -0.811. The first-order valence-electron chi connectivity index (χ1n) is 17.5. The van der Waals surface area contributed by atoms with Gasteiger partial charge in [0.2, 0.25) is 11.4 Å². The van der Waals surface area contributed by atoms with E-state index in [4.69, 9.17) is 25.7 Å². The van der Waals surface area contributed by atoms with E-state index in [9.17, 15) is 9.59 Å². The molecule has 1 saturated heterocycles. The van der Waals surface area contributed by atoms with Crippen molar-refractivity contribution in [2.45, 2.75) is 38.8 Å². The number of nitrogen functional groups attached to an aromatic ring is 2. The lowest BCUT2D eigenvalue weighted by molar-refractivity contribution is 0.0524. The van der Waals surface area contributed by atoms with E-state index < -0.39 is 23.0 Å². The van der Waals surface area contributed by atoms with E-state index in [2.05, 4.69) is 27.0 Å². The molecule has 4 N–H and O–H groups in total. The molecule has 2 aliphatic rings. The molecule has 2 fully saturated rings. The van der Waals surface area contributed by atoms with E-state index in [-0.39, 0.29) is 40.8 Å². The molecule has 53 heavy (non-hydrogen) atoms. The molecule has 7 rings (SSSR count). The van der Waals surface area contributed by atoms with Crippen molar-refractivity contribution in [3.8, 4) is 22.6 Å². The number of carbonyl (C=O) groups excluding carboxylic acids is 1. The molecule has 0 amide bonds. The first kappa shape index (κ1) is 35.6. The summed E-state index contributed by atoms with van der Waals surface area (Å²) in [6.45, 7) is 4.28. The zero-order valence-electron chi connectivity index (χ0n) is 29.8. The van der Waals surface area contributed by atoms with E-state index in [1.54, 1.807) is 36.8 Å².